The van der Waals surface area contributed by atoms with Crippen molar-refractivity contribution < 1.29 is 4.74 Å². The minimum atomic E-state index is 0.174. The van der Waals surface area contributed by atoms with Gasteiger partial charge in [0.25, 0.3) is 0 Å². The fraction of sp³-hybridized carbons (Fsp3) is 0.381. The number of nitrogens with zero attached hydrogens (tertiary/aromatic N) is 2. The van der Waals surface area contributed by atoms with Gasteiger partial charge in [0.05, 0.1) is 12.6 Å². The van der Waals surface area contributed by atoms with Crippen LogP contribution in [0.3, 0.4) is 0 Å². The molecule has 0 aromatic heterocycles. The predicted octanol–water partition coefficient (Wildman–Crippen LogP) is 2.94. The number of guanidine groups is 1. The summed E-state index contributed by atoms with van der Waals surface area (Å²) in [5.41, 5.74) is 8.63. The molecule has 3 N–H and O–H groups in total. The minimum absolute atomic E-state index is 0.174. The zero-order chi connectivity index (χ0) is 17.8. The lowest BCUT2D eigenvalue weighted by Crippen LogP contribution is -2.37. The van der Waals surface area contributed by atoms with E-state index in [0.717, 1.165) is 43.8 Å². The van der Waals surface area contributed by atoms with Crippen LogP contribution in [-0.4, -0.2) is 32.2 Å². The normalized spacial score (nSPS) is 22.6. The smallest absolute Gasteiger partial charge is 0.189 e. The molecule has 0 spiro atoms. The lowest BCUT2D eigenvalue weighted by molar-refractivity contribution is 0.262. The average Bonchev–Trinajstić information content (AvgIpc) is 3.17. The largest absolute Gasteiger partial charge is 0.493 e. The molecule has 2 unspecified atom stereocenters. The molecule has 0 bridgehead atoms. The molecule has 0 aliphatic carbocycles. The summed E-state index contributed by atoms with van der Waals surface area (Å²) in [6.45, 7) is 3.61. The Bertz CT molecular complexity index is 762. The van der Waals surface area contributed by atoms with E-state index in [9.17, 15) is 0 Å². The Morgan fingerprint density at radius 2 is 1.92 bits per heavy atom. The standard InChI is InChI=1S/C21H26N4O/c22-21(24-19-11-13-26-20-9-5-4-8-18(19)20)23-14-16-10-12-25(15-16)17-6-2-1-3-7-17/h1-9,16,19H,10-15H2,(H3,22,23,24). The van der Waals surface area contributed by atoms with E-state index in [4.69, 9.17) is 10.5 Å². The highest BCUT2D eigenvalue weighted by atomic mass is 16.5. The Labute approximate surface area is 154 Å². The van der Waals surface area contributed by atoms with Gasteiger partial charge in [0.15, 0.2) is 5.96 Å². The van der Waals surface area contributed by atoms with Crippen LogP contribution in [0.15, 0.2) is 59.6 Å². The fourth-order valence-electron chi connectivity index (χ4n) is 3.80. The van der Waals surface area contributed by atoms with Crippen LogP contribution in [0, 0.1) is 5.92 Å². The number of nitrogens with two attached hydrogens (primary N) is 1. The first-order valence-electron chi connectivity index (χ1n) is 9.38. The number of para-hydroxylation sites is 2. The molecule has 2 aromatic rings. The van der Waals surface area contributed by atoms with Gasteiger partial charge in [-0.05, 0) is 30.5 Å². The molecule has 26 heavy (non-hydrogen) atoms. The van der Waals surface area contributed by atoms with Crippen LogP contribution in [0.25, 0.3) is 0 Å². The van der Waals surface area contributed by atoms with Crippen molar-refractivity contribution in [2.24, 2.45) is 16.6 Å². The third-order valence-corrected chi connectivity index (χ3v) is 5.21. The van der Waals surface area contributed by atoms with Crippen molar-refractivity contribution in [1.82, 2.24) is 5.32 Å². The highest BCUT2D eigenvalue weighted by Crippen LogP contribution is 2.31. The Hall–Kier alpha value is -2.69. The fourth-order valence-corrected chi connectivity index (χ4v) is 3.80. The van der Waals surface area contributed by atoms with Crippen LogP contribution in [0.4, 0.5) is 5.69 Å². The van der Waals surface area contributed by atoms with E-state index in [1.54, 1.807) is 0 Å². The molecule has 1 fully saturated rings. The molecular formula is C21H26N4O. The molecule has 2 heterocycles. The molecule has 5 nitrogen and oxygen atoms in total. The number of fused-ring (bicyclic) bond motifs is 1. The Kier molecular flexibility index (Phi) is 4.95. The van der Waals surface area contributed by atoms with Gasteiger partial charge in [-0.25, -0.2) is 0 Å². The molecule has 2 aromatic carbocycles. The zero-order valence-corrected chi connectivity index (χ0v) is 15.0. The number of ether oxygens (including phenoxy) is 1. The van der Waals surface area contributed by atoms with Crippen LogP contribution in [-0.2, 0) is 0 Å². The molecular weight excluding hydrogens is 324 g/mol. The second-order valence-electron chi connectivity index (χ2n) is 7.03. The van der Waals surface area contributed by atoms with Crippen LogP contribution >= 0.6 is 0 Å². The van der Waals surface area contributed by atoms with Gasteiger partial charge >= 0.3 is 0 Å². The Morgan fingerprint density at radius 3 is 2.81 bits per heavy atom. The molecule has 1 saturated heterocycles. The van der Waals surface area contributed by atoms with Crippen LogP contribution in [0.1, 0.15) is 24.4 Å². The summed E-state index contributed by atoms with van der Waals surface area (Å²) in [6, 6.07) is 18.9. The minimum Gasteiger partial charge on any atom is -0.493 e. The van der Waals surface area contributed by atoms with E-state index in [2.05, 4.69) is 51.6 Å². The molecule has 5 heteroatoms. The van der Waals surface area contributed by atoms with Crippen molar-refractivity contribution in [1.29, 1.82) is 0 Å². The van der Waals surface area contributed by atoms with E-state index in [1.807, 2.05) is 18.2 Å². The second-order valence-corrected chi connectivity index (χ2v) is 7.03. The maximum atomic E-state index is 6.17. The quantitative estimate of drug-likeness (QED) is 0.657. The number of benzene rings is 2. The molecule has 136 valence electrons. The van der Waals surface area contributed by atoms with Gasteiger partial charge in [0.1, 0.15) is 5.75 Å². The summed E-state index contributed by atoms with van der Waals surface area (Å²) >= 11 is 0. The van der Waals surface area contributed by atoms with Gasteiger partial charge in [-0.1, -0.05) is 36.4 Å². The predicted molar refractivity (Wildman–Crippen MR) is 106 cm³/mol. The molecule has 2 aliphatic heterocycles. The van der Waals surface area contributed by atoms with Crippen LogP contribution < -0.4 is 20.7 Å². The molecule has 0 saturated carbocycles. The molecule has 0 radical (unpaired) electrons. The molecule has 2 atom stereocenters. The number of hydrogen-bond acceptors (Lipinski definition) is 3. The molecule has 2 aliphatic rings. The highest BCUT2D eigenvalue weighted by Gasteiger charge is 2.23. The summed E-state index contributed by atoms with van der Waals surface area (Å²) < 4.78 is 5.70. The molecule has 0 amide bonds. The van der Waals surface area contributed by atoms with Gasteiger partial charge in [0, 0.05) is 37.3 Å². The molecule has 4 rings (SSSR count). The first-order valence-corrected chi connectivity index (χ1v) is 9.38. The van der Waals surface area contributed by atoms with Crippen molar-refractivity contribution in [3.63, 3.8) is 0 Å². The lowest BCUT2D eigenvalue weighted by atomic mass is 10.0. The first-order chi connectivity index (χ1) is 12.8. The van der Waals surface area contributed by atoms with E-state index in [-0.39, 0.29) is 6.04 Å². The van der Waals surface area contributed by atoms with Crippen molar-refractivity contribution in [2.45, 2.75) is 18.9 Å². The van der Waals surface area contributed by atoms with E-state index >= 15 is 0 Å². The number of aliphatic imine (C=N–C) groups is 1. The maximum Gasteiger partial charge on any atom is 0.189 e. The number of hydrogen-bond donors (Lipinski definition) is 2. The summed E-state index contributed by atoms with van der Waals surface area (Å²) in [4.78, 5) is 7.05. The number of rotatable bonds is 4. The Balaban J connectivity index is 1.32. The van der Waals surface area contributed by atoms with Gasteiger partial charge < -0.3 is 20.7 Å². The third kappa shape index (κ3) is 3.77. The summed E-state index contributed by atoms with van der Waals surface area (Å²) in [5.74, 6) is 2.03. The monoisotopic (exact) mass is 350 g/mol. The van der Waals surface area contributed by atoms with E-state index in [0.29, 0.717) is 18.5 Å². The first kappa shape index (κ1) is 16.8. The van der Waals surface area contributed by atoms with E-state index in [1.165, 1.54) is 5.69 Å². The maximum absolute atomic E-state index is 6.17. The van der Waals surface area contributed by atoms with Crippen molar-refractivity contribution in [2.75, 3.05) is 31.1 Å². The van der Waals surface area contributed by atoms with Gasteiger partial charge in [-0.2, -0.15) is 0 Å². The average molecular weight is 350 g/mol. The Morgan fingerprint density at radius 1 is 1.12 bits per heavy atom. The van der Waals surface area contributed by atoms with Crippen molar-refractivity contribution >= 4 is 11.6 Å². The van der Waals surface area contributed by atoms with Crippen molar-refractivity contribution in [3.8, 4) is 5.75 Å². The SMILES string of the molecule is NC(=NCC1CCN(c2ccccc2)C1)NC1CCOc2ccccc21. The zero-order valence-electron chi connectivity index (χ0n) is 15.0. The number of nitrogens with one attached hydrogen (secondary N) is 1. The lowest BCUT2D eigenvalue weighted by Gasteiger charge is -2.27. The topological polar surface area (TPSA) is 62.9 Å². The van der Waals surface area contributed by atoms with Crippen molar-refractivity contribution in [3.05, 3.63) is 60.2 Å². The summed E-state index contributed by atoms with van der Waals surface area (Å²) in [6.07, 6.45) is 2.06. The highest BCUT2D eigenvalue weighted by molar-refractivity contribution is 5.78. The van der Waals surface area contributed by atoms with Gasteiger partial charge in [-0.3, -0.25) is 4.99 Å². The summed E-state index contributed by atoms with van der Waals surface area (Å²) in [5, 5.41) is 3.38. The van der Waals surface area contributed by atoms with Crippen LogP contribution in [0.5, 0.6) is 5.75 Å². The van der Waals surface area contributed by atoms with Gasteiger partial charge in [0.2, 0.25) is 0 Å². The number of anilines is 1. The summed E-state index contributed by atoms with van der Waals surface area (Å²) in [7, 11) is 0. The van der Waals surface area contributed by atoms with Gasteiger partial charge in [-0.15, -0.1) is 0 Å². The van der Waals surface area contributed by atoms with E-state index < -0.39 is 0 Å². The van der Waals surface area contributed by atoms with Crippen LogP contribution in [0.2, 0.25) is 0 Å². The third-order valence-electron chi connectivity index (χ3n) is 5.21. The second kappa shape index (κ2) is 7.68.